The number of hydrogen-bond acceptors (Lipinski definition) is 6. The van der Waals surface area contributed by atoms with Gasteiger partial charge in [0.1, 0.15) is 6.26 Å². The number of esters is 1. The number of aliphatic hydroxyl groups excluding tert-OH is 2. The van der Waals surface area contributed by atoms with Crippen molar-refractivity contribution in [3.05, 3.63) is 23.9 Å². The zero-order chi connectivity index (χ0) is 17.8. The standard InChI is InChI=1S/C18H29NO5/c1-3-4-5-6-8-14-13-24-17(19-14)12-11-16(21)15(20)9-7-10-18(22)23-2/h11-13,15-16,20-21H,3-10H2,1-2H3/b12-11+. The lowest BCUT2D eigenvalue weighted by Crippen LogP contribution is -2.23. The number of oxazole rings is 1. The topological polar surface area (TPSA) is 92.8 Å². The number of unbranched alkanes of at least 4 members (excludes halogenated alkanes) is 3. The van der Waals surface area contributed by atoms with Crippen LogP contribution in [0.25, 0.3) is 6.08 Å². The van der Waals surface area contributed by atoms with Gasteiger partial charge in [-0.15, -0.1) is 0 Å². The van der Waals surface area contributed by atoms with Gasteiger partial charge in [0.05, 0.1) is 25.0 Å². The minimum absolute atomic E-state index is 0.227. The first-order chi connectivity index (χ1) is 11.6. The van der Waals surface area contributed by atoms with Crippen molar-refractivity contribution in [3.8, 4) is 0 Å². The maximum atomic E-state index is 11.0. The predicted octanol–water partition coefficient (Wildman–Crippen LogP) is 2.88. The first kappa shape index (κ1) is 20.4. The van der Waals surface area contributed by atoms with Crippen molar-refractivity contribution >= 4 is 12.0 Å². The number of nitrogens with zero attached hydrogens (tertiary/aromatic N) is 1. The lowest BCUT2D eigenvalue weighted by atomic mass is 10.1. The molecule has 6 nitrogen and oxygen atoms in total. The van der Waals surface area contributed by atoms with Gasteiger partial charge in [-0.3, -0.25) is 4.79 Å². The van der Waals surface area contributed by atoms with Crippen molar-refractivity contribution in [1.82, 2.24) is 4.98 Å². The molecule has 2 N–H and O–H groups in total. The minimum atomic E-state index is -1.03. The molecular formula is C18H29NO5. The Labute approximate surface area is 143 Å². The fourth-order valence-corrected chi connectivity index (χ4v) is 2.28. The van der Waals surface area contributed by atoms with E-state index in [0.29, 0.717) is 18.7 Å². The van der Waals surface area contributed by atoms with Crippen molar-refractivity contribution in [2.24, 2.45) is 0 Å². The van der Waals surface area contributed by atoms with Crippen molar-refractivity contribution in [2.75, 3.05) is 7.11 Å². The quantitative estimate of drug-likeness (QED) is 0.449. The van der Waals surface area contributed by atoms with Gasteiger partial charge in [-0.05, 0) is 37.8 Å². The number of carbonyl (C=O) groups excluding carboxylic acids is 1. The van der Waals surface area contributed by atoms with Gasteiger partial charge in [-0.1, -0.05) is 26.2 Å². The van der Waals surface area contributed by atoms with Crippen LogP contribution < -0.4 is 0 Å². The normalized spacial score (nSPS) is 14.0. The molecule has 0 bridgehead atoms. The van der Waals surface area contributed by atoms with E-state index < -0.39 is 12.2 Å². The van der Waals surface area contributed by atoms with Crippen molar-refractivity contribution < 1.29 is 24.2 Å². The van der Waals surface area contributed by atoms with Gasteiger partial charge >= 0.3 is 5.97 Å². The molecule has 1 aromatic heterocycles. The van der Waals surface area contributed by atoms with E-state index in [-0.39, 0.29) is 12.4 Å². The van der Waals surface area contributed by atoms with Crippen LogP contribution in [-0.2, 0) is 16.0 Å². The molecule has 1 aromatic rings. The monoisotopic (exact) mass is 339 g/mol. The zero-order valence-corrected chi connectivity index (χ0v) is 14.6. The Morgan fingerprint density at radius 3 is 2.83 bits per heavy atom. The first-order valence-electron chi connectivity index (χ1n) is 8.62. The molecule has 136 valence electrons. The minimum Gasteiger partial charge on any atom is -0.469 e. The number of rotatable bonds is 12. The van der Waals surface area contributed by atoms with E-state index in [1.165, 1.54) is 32.4 Å². The van der Waals surface area contributed by atoms with Gasteiger partial charge in [-0.2, -0.15) is 0 Å². The van der Waals surface area contributed by atoms with Crippen LogP contribution in [0.3, 0.4) is 0 Å². The molecule has 6 heteroatoms. The van der Waals surface area contributed by atoms with Crippen LogP contribution in [0.15, 0.2) is 16.8 Å². The summed E-state index contributed by atoms with van der Waals surface area (Å²) in [4.78, 5) is 15.3. The van der Waals surface area contributed by atoms with Crippen molar-refractivity contribution in [2.45, 2.75) is 70.5 Å². The first-order valence-corrected chi connectivity index (χ1v) is 8.62. The lowest BCUT2D eigenvalue weighted by Gasteiger charge is -2.13. The molecule has 2 unspecified atom stereocenters. The average molecular weight is 339 g/mol. The second kappa shape index (κ2) is 11.8. The highest BCUT2D eigenvalue weighted by Crippen LogP contribution is 2.11. The Balaban J connectivity index is 2.33. The molecule has 1 rings (SSSR count). The zero-order valence-electron chi connectivity index (χ0n) is 14.6. The Morgan fingerprint density at radius 2 is 2.12 bits per heavy atom. The molecule has 24 heavy (non-hydrogen) atoms. The largest absolute Gasteiger partial charge is 0.469 e. The summed E-state index contributed by atoms with van der Waals surface area (Å²) in [5.41, 5.74) is 0.902. The number of aryl methyl sites for hydroxylation is 1. The second-order valence-electron chi connectivity index (χ2n) is 5.87. The van der Waals surface area contributed by atoms with Crippen LogP contribution in [0.5, 0.6) is 0 Å². The molecule has 0 amide bonds. The molecule has 0 aliphatic heterocycles. The predicted molar refractivity (Wildman–Crippen MR) is 91.3 cm³/mol. The summed E-state index contributed by atoms with van der Waals surface area (Å²) < 4.78 is 9.85. The Hall–Kier alpha value is -1.66. The molecule has 2 atom stereocenters. The number of carbonyl (C=O) groups is 1. The van der Waals surface area contributed by atoms with Gasteiger partial charge < -0.3 is 19.4 Å². The highest BCUT2D eigenvalue weighted by molar-refractivity contribution is 5.68. The van der Waals surface area contributed by atoms with E-state index in [1.807, 2.05) is 0 Å². The molecule has 0 fully saturated rings. The summed E-state index contributed by atoms with van der Waals surface area (Å²) in [7, 11) is 1.32. The Morgan fingerprint density at radius 1 is 1.33 bits per heavy atom. The number of hydrogen-bond donors (Lipinski definition) is 2. The van der Waals surface area contributed by atoms with E-state index in [1.54, 1.807) is 12.3 Å². The van der Waals surface area contributed by atoms with Crippen LogP contribution >= 0.6 is 0 Å². The SMILES string of the molecule is CCCCCCc1coc(/C=C/C(O)C(O)CCCC(=O)OC)n1. The third-order valence-electron chi connectivity index (χ3n) is 3.79. The Bertz CT molecular complexity index is 497. The third-order valence-corrected chi connectivity index (χ3v) is 3.79. The highest BCUT2D eigenvalue weighted by Gasteiger charge is 2.14. The molecule has 0 spiro atoms. The number of methoxy groups -OCH3 is 1. The van der Waals surface area contributed by atoms with Crippen molar-refractivity contribution in [1.29, 1.82) is 0 Å². The highest BCUT2D eigenvalue weighted by atomic mass is 16.5. The van der Waals surface area contributed by atoms with Gasteiger partial charge in [-0.25, -0.2) is 4.98 Å². The van der Waals surface area contributed by atoms with E-state index in [2.05, 4.69) is 16.6 Å². The van der Waals surface area contributed by atoms with Crippen LogP contribution in [-0.4, -0.2) is 40.5 Å². The van der Waals surface area contributed by atoms with Crippen LogP contribution in [0.2, 0.25) is 0 Å². The van der Waals surface area contributed by atoms with E-state index in [9.17, 15) is 15.0 Å². The van der Waals surface area contributed by atoms with Gasteiger partial charge in [0.15, 0.2) is 0 Å². The summed E-state index contributed by atoms with van der Waals surface area (Å²) in [6.07, 6.45) is 9.27. The second-order valence-corrected chi connectivity index (χ2v) is 5.87. The fourth-order valence-electron chi connectivity index (χ4n) is 2.28. The van der Waals surface area contributed by atoms with E-state index in [0.717, 1.165) is 18.5 Å². The molecule has 0 aliphatic carbocycles. The van der Waals surface area contributed by atoms with Crippen molar-refractivity contribution in [3.63, 3.8) is 0 Å². The molecule has 0 saturated heterocycles. The van der Waals surface area contributed by atoms with E-state index in [4.69, 9.17) is 4.42 Å². The molecule has 0 saturated carbocycles. The fraction of sp³-hybridized carbons (Fsp3) is 0.667. The summed E-state index contributed by atoms with van der Waals surface area (Å²) in [6, 6.07) is 0. The molecule has 0 radical (unpaired) electrons. The lowest BCUT2D eigenvalue weighted by molar-refractivity contribution is -0.140. The van der Waals surface area contributed by atoms with E-state index >= 15 is 0 Å². The molecule has 0 aliphatic rings. The summed E-state index contributed by atoms with van der Waals surface area (Å²) >= 11 is 0. The van der Waals surface area contributed by atoms with Crippen LogP contribution in [0.4, 0.5) is 0 Å². The number of ether oxygens (including phenoxy) is 1. The smallest absolute Gasteiger partial charge is 0.305 e. The van der Waals surface area contributed by atoms with Crippen LogP contribution in [0.1, 0.15) is 63.5 Å². The maximum absolute atomic E-state index is 11.0. The molecule has 0 aromatic carbocycles. The average Bonchev–Trinajstić information content (AvgIpc) is 3.04. The van der Waals surface area contributed by atoms with Gasteiger partial charge in [0.25, 0.3) is 0 Å². The third kappa shape index (κ3) is 8.26. The number of aliphatic hydroxyl groups is 2. The molecule has 1 heterocycles. The van der Waals surface area contributed by atoms with Gasteiger partial charge in [0.2, 0.25) is 5.89 Å². The Kier molecular flexibility index (Phi) is 10.0. The molecular weight excluding hydrogens is 310 g/mol. The summed E-state index contributed by atoms with van der Waals surface area (Å²) in [5.74, 6) is 0.0970. The maximum Gasteiger partial charge on any atom is 0.305 e. The number of aromatic nitrogens is 1. The summed E-state index contributed by atoms with van der Waals surface area (Å²) in [6.45, 7) is 2.17. The van der Waals surface area contributed by atoms with Crippen LogP contribution in [0, 0.1) is 0 Å². The summed E-state index contributed by atoms with van der Waals surface area (Å²) in [5, 5.41) is 19.7. The van der Waals surface area contributed by atoms with Gasteiger partial charge in [0, 0.05) is 6.42 Å².